The molecule has 3 aromatic carbocycles. The second kappa shape index (κ2) is 8.57. The highest BCUT2D eigenvalue weighted by atomic mass is 32.2. The number of aromatic hydroxyl groups is 3. The van der Waals surface area contributed by atoms with Crippen molar-refractivity contribution < 1.29 is 15.3 Å². The van der Waals surface area contributed by atoms with Crippen LogP contribution in [0.4, 0.5) is 0 Å². The number of phenols is 2. The average molecular weight is 433 g/mol. The first-order valence-corrected chi connectivity index (χ1v) is 10.7. The molecule has 0 aliphatic rings. The van der Waals surface area contributed by atoms with Crippen molar-refractivity contribution >= 4 is 28.7 Å². The number of hydrogen-bond donors (Lipinski definition) is 4. The van der Waals surface area contributed by atoms with E-state index in [1.165, 1.54) is 18.3 Å². The van der Waals surface area contributed by atoms with Crippen LogP contribution in [-0.2, 0) is 6.54 Å². The molecule has 7 heteroatoms. The number of aromatic nitrogens is 1. The zero-order valence-corrected chi connectivity index (χ0v) is 17.5. The molecule has 0 unspecified atom stereocenters. The number of hydrogen-bond acceptors (Lipinski definition) is 6. The zero-order valence-electron chi connectivity index (χ0n) is 16.7. The van der Waals surface area contributed by atoms with Gasteiger partial charge in [-0.1, -0.05) is 30.3 Å². The molecule has 0 saturated heterocycles. The van der Waals surface area contributed by atoms with Gasteiger partial charge in [0.1, 0.15) is 0 Å². The molecule has 0 bridgehead atoms. The van der Waals surface area contributed by atoms with Crippen LogP contribution in [0.2, 0.25) is 0 Å². The molecule has 4 rings (SSSR count). The number of fused-ring (bicyclic) bond motifs is 1. The van der Waals surface area contributed by atoms with Gasteiger partial charge >= 0.3 is 0 Å². The molecule has 0 fully saturated rings. The molecule has 0 aliphatic carbocycles. The number of aliphatic imine (C=N–C) groups is 1. The van der Waals surface area contributed by atoms with Gasteiger partial charge < -0.3 is 15.3 Å². The van der Waals surface area contributed by atoms with Gasteiger partial charge in [0.15, 0.2) is 11.5 Å². The fraction of sp³-hybridized carbons (Fsp3) is 0.0833. The predicted molar refractivity (Wildman–Crippen MR) is 125 cm³/mol. The second-order valence-corrected chi connectivity index (χ2v) is 7.82. The van der Waals surface area contributed by atoms with Gasteiger partial charge in [0, 0.05) is 21.9 Å². The van der Waals surface area contributed by atoms with E-state index in [9.17, 15) is 20.1 Å². The summed E-state index contributed by atoms with van der Waals surface area (Å²) in [6.45, 7) is 0.225. The molecule has 1 heterocycles. The Morgan fingerprint density at radius 2 is 1.77 bits per heavy atom. The molecule has 0 spiro atoms. The summed E-state index contributed by atoms with van der Waals surface area (Å²) in [6.07, 6.45) is 3.51. The number of H-pyrrole nitrogens is 1. The van der Waals surface area contributed by atoms with Crippen molar-refractivity contribution in [2.45, 2.75) is 11.4 Å². The Labute approximate surface area is 182 Å². The first-order valence-electron chi connectivity index (χ1n) is 9.51. The Morgan fingerprint density at radius 3 is 2.55 bits per heavy atom. The summed E-state index contributed by atoms with van der Waals surface area (Å²) >= 11 is 1.64. The SMILES string of the molecule is CSc1ccccc1-c1ccc2c(=O)[nH]c(O)c(C=NCc3ccc(O)c(O)c3)c2c1. The average Bonchev–Trinajstić information content (AvgIpc) is 2.78. The molecule has 0 amide bonds. The van der Waals surface area contributed by atoms with E-state index in [0.717, 1.165) is 16.0 Å². The van der Waals surface area contributed by atoms with E-state index in [4.69, 9.17) is 0 Å². The van der Waals surface area contributed by atoms with Crippen molar-refractivity contribution in [2.24, 2.45) is 4.99 Å². The summed E-state index contributed by atoms with van der Waals surface area (Å²) in [5.41, 5.74) is 2.69. The number of aromatic amines is 1. The highest BCUT2D eigenvalue weighted by Crippen LogP contribution is 2.33. The molecular formula is C24H20N2O4S. The number of rotatable bonds is 5. The summed E-state index contributed by atoms with van der Waals surface area (Å²) in [5.74, 6) is -0.678. The highest BCUT2D eigenvalue weighted by molar-refractivity contribution is 7.98. The molecular weight excluding hydrogens is 412 g/mol. The van der Waals surface area contributed by atoms with Crippen LogP contribution in [0.5, 0.6) is 17.4 Å². The number of benzene rings is 3. The van der Waals surface area contributed by atoms with Gasteiger partial charge in [-0.2, -0.15) is 0 Å². The molecule has 0 radical (unpaired) electrons. The molecule has 1 aromatic heterocycles. The van der Waals surface area contributed by atoms with Crippen LogP contribution in [0.1, 0.15) is 11.1 Å². The Bertz CT molecular complexity index is 1360. The van der Waals surface area contributed by atoms with Crippen molar-refractivity contribution in [3.05, 3.63) is 82.1 Å². The van der Waals surface area contributed by atoms with Crippen LogP contribution in [-0.4, -0.2) is 32.8 Å². The van der Waals surface area contributed by atoms with Crippen molar-refractivity contribution in [1.29, 1.82) is 0 Å². The molecule has 4 N–H and O–H groups in total. The first kappa shape index (κ1) is 20.6. The minimum absolute atomic E-state index is 0.199. The van der Waals surface area contributed by atoms with Gasteiger partial charge in [-0.3, -0.25) is 14.8 Å². The molecule has 0 atom stereocenters. The molecule has 0 aliphatic heterocycles. The van der Waals surface area contributed by atoms with E-state index in [0.29, 0.717) is 21.9 Å². The molecule has 6 nitrogen and oxygen atoms in total. The Morgan fingerprint density at radius 1 is 0.968 bits per heavy atom. The third kappa shape index (κ3) is 4.13. The maximum atomic E-state index is 12.4. The predicted octanol–water partition coefficient (Wildman–Crippen LogP) is 4.65. The van der Waals surface area contributed by atoms with Crippen LogP contribution in [0.15, 0.2) is 75.3 Å². The molecule has 0 saturated carbocycles. The minimum Gasteiger partial charge on any atom is -0.504 e. The quantitative estimate of drug-likeness (QED) is 0.209. The van der Waals surface area contributed by atoms with E-state index in [-0.39, 0.29) is 29.5 Å². The summed E-state index contributed by atoms with van der Waals surface area (Å²) in [5, 5.41) is 30.5. The van der Waals surface area contributed by atoms with Crippen LogP contribution >= 0.6 is 11.8 Å². The summed E-state index contributed by atoms with van der Waals surface area (Å²) in [4.78, 5) is 20.3. The fourth-order valence-corrected chi connectivity index (χ4v) is 4.05. The van der Waals surface area contributed by atoms with E-state index in [2.05, 4.69) is 9.98 Å². The maximum absolute atomic E-state index is 12.4. The van der Waals surface area contributed by atoms with Gasteiger partial charge in [-0.15, -0.1) is 11.8 Å². The smallest absolute Gasteiger partial charge is 0.258 e. The van der Waals surface area contributed by atoms with Crippen molar-refractivity contribution in [1.82, 2.24) is 4.98 Å². The van der Waals surface area contributed by atoms with Crippen LogP contribution in [0.3, 0.4) is 0 Å². The number of nitrogens with one attached hydrogen (secondary N) is 1. The van der Waals surface area contributed by atoms with Gasteiger partial charge in [0.05, 0.1) is 12.1 Å². The largest absolute Gasteiger partial charge is 0.504 e. The van der Waals surface area contributed by atoms with Crippen molar-refractivity contribution in [2.75, 3.05) is 6.26 Å². The van der Waals surface area contributed by atoms with Crippen LogP contribution < -0.4 is 5.56 Å². The summed E-state index contributed by atoms with van der Waals surface area (Å²) < 4.78 is 0. The lowest BCUT2D eigenvalue weighted by molar-refractivity contribution is 0.403. The molecule has 156 valence electrons. The Hall–Kier alpha value is -3.71. The summed E-state index contributed by atoms with van der Waals surface area (Å²) in [6, 6.07) is 18.0. The number of pyridine rings is 1. The topological polar surface area (TPSA) is 106 Å². The fourth-order valence-electron chi connectivity index (χ4n) is 3.43. The van der Waals surface area contributed by atoms with E-state index in [1.807, 2.05) is 42.7 Å². The maximum Gasteiger partial charge on any atom is 0.258 e. The minimum atomic E-state index is -0.377. The lowest BCUT2D eigenvalue weighted by atomic mass is 9.99. The van der Waals surface area contributed by atoms with Crippen molar-refractivity contribution in [3.8, 4) is 28.5 Å². The molecule has 31 heavy (non-hydrogen) atoms. The molecule has 4 aromatic rings. The normalized spacial score (nSPS) is 11.4. The van der Waals surface area contributed by atoms with Gasteiger partial charge in [-0.25, -0.2) is 0 Å². The summed E-state index contributed by atoms with van der Waals surface area (Å²) in [7, 11) is 0. The monoisotopic (exact) mass is 432 g/mol. The zero-order chi connectivity index (χ0) is 22.0. The van der Waals surface area contributed by atoms with Crippen molar-refractivity contribution in [3.63, 3.8) is 0 Å². The van der Waals surface area contributed by atoms with E-state index < -0.39 is 0 Å². The lowest BCUT2D eigenvalue weighted by Gasteiger charge is -2.10. The highest BCUT2D eigenvalue weighted by Gasteiger charge is 2.12. The number of phenolic OH excluding ortho intramolecular Hbond substituents is 2. The van der Waals surface area contributed by atoms with E-state index in [1.54, 1.807) is 23.9 Å². The third-order valence-corrected chi connectivity index (χ3v) is 5.79. The van der Waals surface area contributed by atoms with Crippen LogP contribution in [0, 0.1) is 0 Å². The standard InChI is InChI=1S/C24H20N2O4S/c1-31-22-5-3-2-4-16(22)15-7-8-17-18(11-15)19(24(30)26-23(17)29)13-25-12-14-6-9-20(27)21(28)10-14/h2-11,13,27-28H,12H2,1H3,(H2,26,29,30). The second-order valence-electron chi connectivity index (χ2n) is 6.97. The van der Waals surface area contributed by atoms with Crippen LogP contribution in [0.25, 0.3) is 21.9 Å². The third-order valence-electron chi connectivity index (χ3n) is 4.99. The first-order chi connectivity index (χ1) is 15.0. The Balaban J connectivity index is 1.78. The number of thioether (sulfide) groups is 1. The lowest BCUT2D eigenvalue weighted by Crippen LogP contribution is -2.08. The number of nitrogens with zero attached hydrogens (tertiary/aromatic N) is 1. The van der Waals surface area contributed by atoms with Gasteiger partial charge in [-0.05, 0) is 53.3 Å². The Kier molecular flexibility index (Phi) is 5.68. The van der Waals surface area contributed by atoms with Gasteiger partial charge in [0.2, 0.25) is 5.88 Å². The van der Waals surface area contributed by atoms with Gasteiger partial charge in [0.25, 0.3) is 5.56 Å². The van der Waals surface area contributed by atoms with E-state index >= 15 is 0 Å².